The van der Waals surface area contributed by atoms with Crippen LogP contribution in [-0.4, -0.2) is 49.1 Å². The summed E-state index contributed by atoms with van der Waals surface area (Å²) < 4.78 is 0. The standard InChI is InChI=1S/C22H17N5O.2C4H4N4.3C2H6.V.4Y/c23-21-18(26-24-16-7-3-1-4-8-16)13-11-15-12-14-19(22(28)20(15)21)27-25-17-9-5-2-6-10-17;2*1-5-4-7-2-6-3-8-4;3*1-2;;;;;/h1-14,28H,23H2;2*1H3,(H,5,6,7,8);3*1-2H3;;;;;/q;2*-2;;;;;;;;. The summed E-state index contributed by atoms with van der Waals surface area (Å²) in [7, 11) is 3.44. The zero-order valence-corrected chi connectivity index (χ0v) is 45.1. The normalized spacial score (nSPS) is 8.73. The van der Waals surface area contributed by atoms with Crippen molar-refractivity contribution in [3.05, 3.63) is 110 Å². The topological polar surface area (TPSA) is 197 Å². The minimum absolute atomic E-state index is 0. The predicted molar refractivity (Wildman–Crippen MR) is 199 cm³/mol. The molecular weight excluding hydrogens is 1040 g/mol. The van der Waals surface area contributed by atoms with Crippen molar-refractivity contribution in [2.24, 2.45) is 20.5 Å². The maximum absolute atomic E-state index is 10.7. The molecule has 6 aromatic rings. The molecule has 2 heterocycles. The molecule has 0 spiro atoms. The smallest absolute Gasteiger partial charge is 0.153 e. The van der Waals surface area contributed by atoms with Crippen LogP contribution in [0.5, 0.6) is 5.75 Å². The average molecular weight is 1080 g/mol. The minimum atomic E-state index is -0.0357. The molecule has 0 atom stereocenters. The number of nitrogens with one attached hydrogen (secondary N) is 2. The summed E-state index contributed by atoms with van der Waals surface area (Å²) in [5, 5.41) is 34.1. The van der Waals surface area contributed by atoms with Crippen LogP contribution in [0.25, 0.3) is 10.8 Å². The van der Waals surface area contributed by atoms with Crippen molar-refractivity contribution in [2.75, 3.05) is 30.5 Å². The number of aromatic nitrogens is 6. The van der Waals surface area contributed by atoms with Crippen LogP contribution >= 0.6 is 0 Å². The zero-order chi connectivity index (χ0) is 37.0. The minimum Gasteiger partial charge on any atom is -0.505 e. The van der Waals surface area contributed by atoms with Gasteiger partial charge in [0.25, 0.3) is 0 Å². The van der Waals surface area contributed by atoms with Crippen LogP contribution in [0.1, 0.15) is 41.5 Å². The Bertz CT molecular complexity index is 1690. The van der Waals surface area contributed by atoms with Gasteiger partial charge in [0.2, 0.25) is 0 Å². The third-order valence-corrected chi connectivity index (χ3v) is 5.48. The summed E-state index contributed by atoms with van der Waals surface area (Å²) >= 11 is 0. The van der Waals surface area contributed by atoms with E-state index in [0.717, 1.165) is 11.1 Å². The Balaban J connectivity index is -0.000000258. The fourth-order valence-corrected chi connectivity index (χ4v) is 3.39. The molecule has 4 aromatic carbocycles. The molecule has 0 bridgehead atoms. The zero-order valence-electron chi connectivity index (χ0n) is 32.3. The quantitative estimate of drug-likeness (QED) is 0.0710. The van der Waals surface area contributed by atoms with Crippen molar-refractivity contribution in [1.82, 2.24) is 29.9 Å². The fraction of sp³-hybridized carbons (Fsp3) is 0.222. The van der Waals surface area contributed by atoms with E-state index in [1.807, 2.05) is 114 Å². The molecule has 0 saturated heterocycles. The average Bonchev–Trinajstić information content (AvgIpc) is 3.21. The molecule has 279 valence electrons. The number of hydrogen-bond acceptors (Lipinski definition) is 14. The fourth-order valence-electron chi connectivity index (χ4n) is 3.39. The number of phenolic OH excluding ortho intramolecular Hbond substituents is 1. The number of fused-ring (bicyclic) bond motifs is 1. The maximum atomic E-state index is 10.7. The van der Waals surface area contributed by atoms with E-state index >= 15 is 0 Å². The SMILES string of the molecule is CC.CC.CC.CNc1n[c-]n[c-]n1.CNc1n[c-]n[c-]n1.Nc1c(N=Nc2ccccc2)ccc2ccc(N=Nc3ccccc3)c(O)c12.[V].[Y].[Y].[Y].[Y]. The van der Waals surface area contributed by atoms with Gasteiger partial charge in [0.1, 0.15) is 11.4 Å². The van der Waals surface area contributed by atoms with Crippen LogP contribution in [0.3, 0.4) is 0 Å². The summed E-state index contributed by atoms with van der Waals surface area (Å²) in [6.45, 7) is 12.0. The number of nitrogens with two attached hydrogens (primary N) is 1. The van der Waals surface area contributed by atoms with Crippen LogP contribution < -0.4 is 16.4 Å². The van der Waals surface area contributed by atoms with Gasteiger partial charge in [-0.3, -0.25) is 0 Å². The molecule has 19 heteroatoms. The molecule has 6 rings (SSSR count). The van der Waals surface area contributed by atoms with E-state index in [1.165, 1.54) is 0 Å². The molecule has 0 aliphatic rings. The summed E-state index contributed by atoms with van der Waals surface area (Å²) in [6, 6.07) is 25.8. The number of phenols is 1. The van der Waals surface area contributed by atoms with E-state index in [1.54, 1.807) is 26.2 Å². The van der Waals surface area contributed by atoms with Gasteiger partial charge in [0.15, 0.2) is 5.75 Å². The number of aromatic hydroxyl groups is 1. The Labute approximate surface area is 437 Å². The molecule has 14 nitrogen and oxygen atoms in total. The molecular formula is C36H43N13OVY4-4. The number of rotatable bonds is 6. The molecule has 0 unspecified atom stereocenters. The monoisotopic (exact) mass is 1080 g/mol. The second-order valence-corrected chi connectivity index (χ2v) is 8.32. The Hall–Kier alpha value is -1.44. The third-order valence-electron chi connectivity index (χ3n) is 5.48. The molecule has 0 aliphatic carbocycles. The molecule has 55 heavy (non-hydrogen) atoms. The van der Waals surface area contributed by atoms with Gasteiger partial charge in [-0.05, 0) is 67.8 Å². The molecule has 2 aromatic heterocycles. The number of nitrogen functional groups attached to an aromatic ring is 1. The van der Waals surface area contributed by atoms with Gasteiger partial charge in [0.05, 0.1) is 22.4 Å². The van der Waals surface area contributed by atoms with Gasteiger partial charge in [-0.1, -0.05) is 90.1 Å². The molecule has 0 saturated carbocycles. The van der Waals surface area contributed by atoms with E-state index in [0.29, 0.717) is 40.0 Å². The second kappa shape index (κ2) is 40.7. The van der Waals surface area contributed by atoms with Crippen LogP contribution in [0, 0.1) is 25.3 Å². The Morgan fingerprint density at radius 1 is 0.527 bits per heavy atom. The Morgan fingerprint density at radius 2 is 0.873 bits per heavy atom. The number of azo groups is 2. The van der Waals surface area contributed by atoms with Crippen molar-refractivity contribution >= 4 is 51.1 Å². The van der Waals surface area contributed by atoms with Crippen molar-refractivity contribution in [1.29, 1.82) is 0 Å². The van der Waals surface area contributed by atoms with Crippen molar-refractivity contribution in [3.63, 3.8) is 0 Å². The summed E-state index contributed by atoms with van der Waals surface area (Å²) in [4.78, 5) is 21.2. The molecule has 0 fully saturated rings. The molecule has 5 N–H and O–H groups in total. The first-order valence-electron chi connectivity index (χ1n) is 15.9. The van der Waals surface area contributed by atoms with E-state index in [9.17, 15) is 5.11 Å². The van der Waals surface area contributed by atoms with Crippen LogP contribution in [0.4, 0.5) is 40.3 Å². The van der Waals surface area contributed by atoms with Gasteiger partial charge in [0, 0.05) is 149 Å². The predicted octanol–water partition coefficient (Wildman–Crippen LogP) is 9.05. The van der Waals surface area contributed by atoms with E-state index in [2.05, 4.69) is 86.3 Å². The first kappa shape index (κ1) is 62.7. The van der Waals surface area contributed by atoms with Crippen molar-refractivity contribution in [3.8, 4) is 5.75 Å². The van der Waals surface area contributed by atoms with E-state index < -0.39 is 0 Å². The van der Waals surface area contributed by atoms with Gasteiger partial charge in [-0.25, -0.2) is 0 Å². The van der Waals surface area contributed by atoms with Gasteiger partial charge < -0.3 is 51.4 Å². The van der Waals surface area contributed by atoms with Crippen LogP contribution in [-0.2, 0) is 149 Å². The molecule has 0 amide bonds. The largest absolute Gasteiger partial charge is 0.505 e. The van der Waals surface area contributed by atoms with Crippen molar-refractivity contribution < 1.29 is 154 Å². The van der Waals surface area contributed by atoms with Gasteiger partial charge >= 0.3 is 0 Å². The maximum Gasteiger partial charge on any atom is 0.153 e. The first-order valence-corrected chi connectivity index (χ1v) is 15.9. The molecule has 0 aliphatic heterocycles. The van der Waals surface area contributed by atoms with Gasteiger partial charge in [-0.15, -0.1) is 10.2 Å². The molecule has 5 radical (unpaired) electrons. The number of nitrogens with zero attached hydrogens (tertiary/aromatic N) is 10. The number of anilines is 3. The van der Waals surface area contributed by atoms with E-state index in [4.69, 9.17) is 5.73 Å². The van der Waals surface area contributed by atoms with Crippen LogP contribution in [0.2, 0.25) is 0 Å². The van der Waals surface area contributed by atoms with Crippen LogP contribution in [0.15, 0.2) is 105 Å². The number of benzene rings is 4. The van der Waals surface area contributed by atoms with Gasteiger partial charge in [-0.2, -0.15) is 35.5 Å². The summed E-state index contributed by atoms with van der Waals surface area (Å²) in [5.41, 5.74) is 8.84. The Morgan fingerprint density at radius 3 is 1.22 bits per heavy atom. The Kier molecular flexibility index (Phi) is 46.5. The second-order valence-electron chi connectivity index (χ2n) is 8.32. The third kappa shape index (κ3) is 24.2. The first-order chi connectivity index (χ1) is 24.6. The summed E-state index contributed by atoms with van der Waals surface area (Å²) in [5.74, 6) is 0.937. The number of hydrogen-bond donors (Lipinski definition) is 4. The van der Waals surface area contributed by atoms with Crippen molar-refractivity contribution in [2.45, 2.75) is 41.5 Å². The van der Waals surface area contributed by atoms with E-state index in [-0.39, 0.29) is 155 Å². The summed E-state index contributed by atoms with van der Waals surface area (Å²) in [6.07, 6.45) is 9.33.